The van der Waals surface area contributed by atoms with Gasteiger partial charge in [-0.1, -0.05) is 18.6 Å². The third-order valence-corrected chi connectivity index (χ3v) is 5.21. The van der Waals surface area contributed by atoms with Crippen molar-refractivity contribution in [3.8, 4) is 0 Å². The van der Waals surface area contributed by atoms with E-state index in [-0.39, 0.29) is 23.7 Å². The largest absolute Gasteiger partial charge is 0.433 e. The fraction of sp³-hybridized carbons (Fsp3) is 0.500. The molecule has 2 aliphatic rings. The molecule has 0 radical (unpaired) electrons. The molecular weight excluding hydrogens is 374 g/mol. The van der Waals surface area contributed by atoms with Crippen LogP contribution in [0.4, 0.5) is 26.3 Å². The van der Waals surface area contributed by atoms with Gasteiger partial charge in [0, 0.05) is 18.0 Å². The number of aromatic nitrogens is 1. The maximum atomic E-state index is 13.4. The first-order chi connectivity index (χ1) is 12.7. The molecule has 0 bridgehead atoms. The molecule has 0 amide bonds. The Morgan fingerprint density at radius 1 is 1.04 bits per heavy atom. The van der Waals surface area contributed by atoms with Crippen LogP contribution in [0.25, 0.3) is 10.9 Å². The predicted octanol–water partition coefficient (Wildman–Crippen LogP) is 5.16. The third-order valence-electron chi connectivity index (χ3n) is 5.21. The van der Waals surface area contributed by atoms with Gasteiger partial charge in [0.05, 0.1) is 11.1 Å². The van der Waals surface area contributed by atoms with Gasteiger partial charge in [0.1, 0.15) is 18.5 Å². The van der Waals surface area contributed by atoms with Gasteiger partial charge in [0.15, 0.2) is 0 Å². The van der Waals surface area contributed by atoms with Crippen LogP contribution in [0.5, 0.6) is 0 Å². The van der Waals surface area contributed by atoms with Crippen molar-refractivity contribution in [1.29, 1.82) is 0 Å². The maximum Gasteiger partial charge on any atom is 0.433 e. The summed E-state index contributed by atoms with van der Waals surface area (Å²) in [6.45, 7) is 1.03. The summed E-state index contributed by atoms with van der Waals surface area (Å²) in [6.07, 6.45) is -7.76. The first kappa shape index (κ1) is 18.5. The average molecular weight is 390 g/mol. The van der Waals surface area contributed by atoms with E-state index in [0.29, 0.717) is 0 Å². The van der Waals surface area contributed by atoms with E-state index in [1.165, 1.54) is 12.1 Å². The van der Waals surface area contributed by atoms with Crippen molar-refractivity contribution in [1.82, 2.24) is 9.88 Å². The van der Waals surface area contributed by atoms with Gasteiger partial charge in [-0.2, -0.15) is 26.3 Å². The van der Waals surface area contributed by atoms with Crippen molar-refractivity contribution >= 4 is 10.9 Å². The Morgan fingerprint density at radius 3 is 2.52 bits per heavy atom. The van der Waals surface area contributed by atoms with Crippen LogP contribution >= 0.6 is 0 Å². The zero-order chi connectivity index (χ0) is 19.4. The number of alkyl halides is 6. The molecule has 2 aromatic rings. The van der Waals surface area contributed by atoms with Crippen LogP contribution in [0, 0.1) is 0 Å². The van der Waals surface area contributed by atoms with Crippen molar-refractivity contribution in [2.24, 2.45) is 0 Å². The van der Waals surface area contributed by atoms with Crippen molar-refractivity contribution in [3.63, 3.8) is 0 Å². The van der Waals surface area contributed by atoms with E-state index in [2.05, 4.69) is 4.98 Å². The van der Waals surface area contributed by atoms with Crippen molar-refractivity contribution in [3.05, 3.63) is 41.1 Å². The molecule has 2 aliphatic heterocycles. The number of halogens is 6. The fourth-order valence-corrected chi connectivity index (χ4v) is 3.99. The number of para-hydroxylation sites is 1. The fourth-order valence-electron chi connectivity index (χ4n) is 3.99. The van der Waals surface area contributed by atoms with Crippen LogP contribution in [0.3, 0.4) is 0 Å². The molecule has 0 saturated carbocycles. The van der Waals surface area contributed by atoms with Crippen LogP contribution in [-0.4, -0.2) is 29.2 Å². The first-order valence-corrected chi connectivity index (χ1v) is 8.60. The summed E-state index contributed by atoms with van der Waals surface area (Å²) in [7, 11) is 0. The van der Waals surface area contributed by atoms with E-state index >= 15 is 0 Å². The van der Waals surface area contributed by atoms with Crippen LogP contribution < -0.4 is 0 Å². The molecule has 0 spiro atoms. The van der Waals surface area contributed by atoms with Gasteiger partial charge in [0.2, 0.25) is 0 Å². The van der Waals surface area contributed by atoms with Crippen molar-refractivity contribution in [2.75, 3.05) is 13.3 Å². The number of fused-ring (bicyclic) bond motifs is 2. The lowest BCUT2D eigenvalue weighted by molar-refractivity contribution is -0.142. The number of pyridine rings is 1. The zero-order valence-electron chi connectivity index (χ0n) is 14.1. The van der Waals surface area contributed by atoms with E-state index in [9.17, 15) is 26.3 Å². The number of piperidine rings is 1. The number of benzene rings is 1. The van der Waals surface area contributed by atoms with E-state index in [0.717, 1.165) is 37.9 Å². The number of ether oxygens (including phenoxy) is 1. The number of hydrogen-bond donors (Lipinski definition) is 0. The predicted molar refractivity (Wildman–Crippen MR) is 84.8 cm³/mol. The number of rotatable bonds is 1. The molecule has 2 atom stereocenters. The number of nitrogens with zero attached hydrogens (tertiary/aromatic N) is 2. The molecule has 9 heteroatoms. The molecule has 27 heavy (non-hydrogen) atoms. The normalized spacial score (nSPS) is 24.4. The molecule has 0 unspecified atom stereocenters. The van der Waals surface area contributed by atoms with E-state index in [1.54, 1.807) is 0 Å². The Kier molecular flexibility index (Phi) is 4.34. The summed E-state index contributed by atoms with van der Waals surface area (Å²) in [5.74, 6) is 0. The van der Waals surface area contributed by atoms with Crippen molar-refractivity contribution < 1.29 is 31.1 Å². The Bertz CT molecular complexity index is 863. The maximum absolute atomic E-state index is 13.4. The molecule has 2 fully saturated rings. The molecule has 2 saturated heterocycles. The first-order valence-electron chi connectivity index (χ1n) is 8.60. The summed E-state index contributed by atoms with van der Waals surface area (Å²) < 4.78 is 85.9. The van der Waals surface area contributed by atoms with E-state index < -0.39 is 35.2 Å². The lowest BCUT2D eigenvalue weighted by Gasteiger charge is -2.30. The Labute approximate surface area is 150 Å². The molecule has 1 aromatic carbocycles. The van der Waals surface area contributed by atoms with Gasteiger partial charge in [-0.3, -0.25) is 4.90 Å². The van der Waals surface area contributed by atoms with Crippen LogP contribution in [-0.2, 0) is 17.1 Å². The Balaban J connectivity index is 1.94. The minimum absolute atomic E-state index is 0.0512. The standard InChI is InChI=1S/C18H16F6N2O/c19-17(20,21)12-5-3-4-10-11(8-14(18(22,23)24)25-15(10)12)16-13-6-1-2-7-26(13)9-27-16/h3-5,8,13,16H,1-2,6-7,9H2/t13-,16-/m1/s1. The molecule has 1 aromatic heterocycles. The summed E-state index contributed by atoms with van der Waals surface area (Å²) >= 11 is 0. The molecule has 4 rings (SSSR count). The van der Waals surface area contributed by atoms with Gasteiger partial charge in [-0.25, -0.2) is 4.98 Å². The molecule has 3 heterocycles. The molecule has 146 valence electrons. The number of hydrogen-bond acceptors (Lipinski definition) is 3. The molecule has 0 aliphatic carbocycles. The van der Waals surface area contributed by atoms with Crippen molar-refractivity contribution in [2.45, 2.75) is 43.8 Å². The summed E-state index contributed by atoms with van der Waals surface area (Å²) in [5, 5.41) is 0.0512. The topological polar surface area (TPSA) is 25.4 Å². The summed E-state index contributed by atoms with van der Waals surface area (Å²) in [5.41, 5.74) is -3.08. The monoisotopic (exact) mass is 390 g/mol. The summed E-state index contributed by atoms with van der Waals surface area (Å²) in [6, 6.07) is 4.02. The van der Waals surface area contributed by atoms with E-state index in [4.69, 9.17) is 4.74 Å². The van der Waals surface area contributed by atoms with Gasteiger partial charge in [-0.05, 0) is 30.5 Å². The highest BCUT2D eigenvalue weighted by Crippen LogP contribution is 2.43. The lowest BCUT2D eigenvalue weighted by atomic mass is 9.91. The highest BCUT2D eigenvalue weighted by Gasteiger charge is 2.42. The minimum atomic E-state index is -4.85. The quantitative estimate of drug-likeness (QED) is 0.630. The molecule has 0 N–H and O–H groups in total. The highest BCUT2D eigenvalue weighted by atomic mass is 19.4. The highest BCUT2D eigenvalue weighted by molar-refractivity contribution is 5.86. The molecular formula is C18H16F6N2O. The smallest absolute Gasteiger partial charge is 0.356 e. The Morgan fingerprint density at radius 2 is 1.81 bits per heavy atom. The third kappa shape index (κ3) is 3.27. The minimum Gasteiger partial charge on any atom is -0.356 e. The second-order valence-electron chi connectivity index (χ2n) is 6.89. The van der Waals surface area contributed by atoms with Crippen LogP contribution in [0.2, 0.25) is 0 Å². The molecule has 3 nitrogen and oxygen atoms in total. The van der Waals surface area contributed by atoms with E-state index in [1.807, 2.05) is 4.90 Å². The van der Waals surface area contributed by atoms with Gasteiger partial charge >= 0.3 is 12.4 Å². The van der Waals surface area contributed by atoms with Crippen LogP contribution in [0.1, 0.15) is 42.2 Å². The lowest BCUT2D eigenvalue weighted by Crippen LogP contribution is -2.36. The zero-order valence-corrected chi connectivity index (χ0v) is 14.1. The van der Waals surface area contributed by atoms with Gasteiger partial charge in [-0.15, -0.1) is 0 Å². The summed E-state index contributed by atoms with van der Waals surface area (Å²) in [4.78, 5) is 5.36. The second-order valence-corrected chi connectivity index (χ2v) is 6.89. The average Bonchev–Trinajstić information content (AvgIpc) is 3.02. The second kappa shape index (κ2) is 6.34. The van der Waals surface area contributed by atoms with Gasteiger partial charge in [0.25, 0.3) is 0 Å². The SMILES string of the molecule is FC(F)(F)c1cc([C@H]2OCN3CCCC[C@H]23)c2cccc(C(F)(F)F)c2n1. The van der Waals surface area contributed by atoms with Gasteiger partial charge < -0.3 is 4.74 Å². The Hall–Kier alpha value is -1.87. The van der Waals surface area contributed by atoms with Crippen LogP contribution in [0.15, 0.2) is 24.3 Å².